The summed E-state index contributed by atoms with van der Waals surface area (Å²) < 4.78 is 11.2. The van der Waals surface area contributed by atoms with Gasteiger partial charge in [0.05, 0.1) is 19.2 Å². The molecular weight excluding hydrogens is 424 g/mol. The van der Waals surface area contributed by atoms with Gasteiger partial charge in [-0.15, -0.1) is 0 Å². The van der Waals surface area contributed by atoms with Gasteiger partial charge in [-0.2, -0.15) is 0 Å². The predicted octanol–water partition coefficient (Wildman–Crippen LogP) is 3.47. The van der Waals surface area contributed by atoms with Crippen LogP contribution >= 0.6 is 15.9 Å². The monoisotopic (exact) mass is 446 g/mol. The third-order valence-corrected chi connectivity index (χ3v) is 5.39. The molecule has 1 fully saturated rings. The van der Waals surface area contributed by atoms with E-state index in [1.54, 1.807) is 24.3 Å². The molecule has 2 aromatic rings. The van der Waals surface area contributed by atoms with Crippen molar-refractivity contribution in [3.8, 4) is 0 Å². The number of amides is 1. The molecule has 148 valence electrons. The van der Waals surface area contributed by atoms with Crippen LogP contribution in [-0.4, -0.2) is 38.7 Å². The summed E-state index contributed by atoms with van der Waals surface area (Å²) in [7, 11) is 1.33. The average Bonchev–Trinajstić information content (AvgIpc) is 2.73. The van der Waals surface area contributed by atoms with Crippen LogP contribution in [0.1, 0.15) is 28.8 Å². The summed E-state index contributed by atoms with van der Waals surface area (Å²) in [5, 5.41) is 6.30. The quantitative estimate of drug-likeness (QED) is 0.664. The topological polar surface area (TPSA) is 76.7 Å². The van der Waals surface area contributed by atoms with E-state index in [-0.39, 0.29) is 18.0 Å². The van der Waals surface area contributed by atoms with Crippen molar-refractivity contribution in [3.05, 3.63) is 64.1 Å². The van der Waals surface area contributed by atoms with Gasteiger partial charge < -0.3 is 14.8 Å². The van der Waals surface area contributed by atoms with Crippen LogP contribution in [0.25, 0.3) is 0 Å². The van der Waals surface area contributed by atoms with Crippen LogP contribution in [-0.2, 0) is 19.8 Å². The summed E-state index contributed by atoms with van der Waals surface area (Å²) in [6.07, 6.45) is 1.59. The summed E-state index contributed by atoms with van der Waals surface area (Å²) >= 11 is 3.53. The molecule has 1 saturated heterocycles. The lowest BCUT2D eigenvalue weighted by atomic mass is 9.82. The van der Waals surface area contributed by atoms with Crippen LogP contribution in [0.3, 0.4) is 0 Å². The van der Waals surface area contributed by atoms with Crippen molar-refractivity contribution < 1.29 is 19.1 Å². The number of benzene rings is 2. The molecule has 0 radical (unpaired) electrons. The van der Waals surface area contributed by atoms with Crippen molar-refractivity contribution in [1.29, 1.82) is 0 Å². The van der Waals surface area contributed by atoms with Crippen molar-refractivity contribution >= 4 is 33.5 Å². The smallest absolute Gasteiger partial charge is 0.337 e. The highest BCUT2D eigenvalue weighted by Crippen LogP contribution is 2.33. The molecule has 0 bridgehead atoms. The van der Waals surface area contributed by atoms with E-state index >= 15 is 0 Å². The van der Waals surface area contributed by atoms with E-state index < -0.39 is 5.97 Å². The molecule has 3 rings (SSSR count). The highest BCUT2D eigenvalue weighted by Gasteiger charge is 2.34. The number of rotatable bonds is 6. The normalized spacial score (nSPS) is 15.6. The molecule has 7 heteroatoms. The van der Waals surface area contributed by atoms with Crippen LogP contribution in [0.2, 0.25) is 0 Å². The minimum absolute atomic E-state index is 0.147. The summed E-state index contributed by atoms with van der Waals surface area (Å²) in [4.78, 5) is 24.0. The number of hydrogen-bond donors (Lipinski definition) is 2. The number of carbonyl (C=O) groups is 2. The first-order valence-corrected chi connectivity index (χ1v) is 9.89. The molecule has 1 aliphatic heterocycles. The van der Waals surface area contributed by atoms with Gasteiger partial charge in [0.1, 0.15) is 0 Å². The summed E-state index contributed by atoms with van der Waals surface area (Å²) in [6, 6.07) is 14.8. The Hall–Kier alpha value is -2.22. The van der Waals surface area contributed by atoms with Crippen LogP contribution in [0.15, 0.2) is 53.0 Å². The Bertz CT molecular complexity index is 833. The van der Waals surface area contributed by atoms with Crippen molar-refractivity contribution in [3.63, 3.8) is 0 Å². The van der Waals surface area contributed by atoms with Crippen LogP contribution in [0, 0.1) is 0 Å². The van der Waals surface area contributed by atoms with Gasteiger partial charge in [-0.25, -0.2) is 4.79 Å². The number of esters is 1. The van der Waals surface area contributed by atoms with E-state index in [0.29, 0.717) is 24.5 Å². The fourth-order valence-corrected chi connectivity index (χ4v) is 3.73. The lowest BCUT2D eigenvalue weighted by Crippen LogP contribution is -2.49. The number of halogens is 1. The van der Waals surface area contributed by atoms with E-state index in [0.717, 1.165) is 22.9 Å². The Morgan fingerprint density at radius 1 is 1.14 bits per heavy atom. The zero-order chi connectivity index (χ0) is 20.0. The molecule has 1 amide bonds. The predicted molar refractivity (Wildman–Crippen MR) is 110 cm³/mol. The Labute approximate surface area is 172 Å². The minimum atomic E-state index is -0.407. The Morgan fingerprint density at radius 3 is 2.50 bits per heavy atom. The number of anilines is 1. The van der Waals surface area contributed by atoms with Crippen molar-refractivity contribution in [1.82, 2.24) is 5.32 Å². The standard InChI is InChI=1S/C21H23BrN2O4/c1-27-20(26)15-5-7-18(8-6-15)24-19(25)14-23-21(9-11-28-12-10-21)16-3-2-4-17(22)13-16/h2-8,13,23H,9-12,14H2,1H3,(H,24,25). The number of ether oxygens (including phenoxy) is 2. The largest absolute Gasteiger partial charge is 0.465 e. The first kappa shape index (κ1) is 20.5. The zero-order valence-corrected chi connectivity index (χ0v) is 17.3. The molecule has 0 spiro atoms. The molecule has 0 atom stereocenters. The summed E-state index contributed by atoms with van der Waals surface area (Å²) in [5.41, 5.74) is 1.91. The van der Waals surface area contributed by atoms with Gasteiger partial charge in [-0.05, 0) is 54.8 Å². The zero-order valence-electron chi connectivity index (χ0n) is 15.7. The highest BCUT2D eigenvalue weighted by atomic mass is 79.9. The summed E-state index contributed by atoms with van der Waals surface area (Å²) in [5.74, 6) is -0.554. The van der Waals surface area contributed by atoms with E-state index in [1.165, 1.54) is 7.11 Å². The van der Waals surface area contributed by atoms with Gasteiger partial charge in [0, 0.05) is 28.9 Å². The van der Waals surface area contributed by atoms with Gasteiger partial charge in [-0.1, -0.05) is 28.1 Å². The van der Waals surface area contributed by atoms with Crippen LogP contribution < -0.4 is 10.6 Å². The second-order valence-electron chi connectivity index (χ2n) is 6.68. The van der Waals surface area contributed by atoms with Crippen molar-refractivity contribution in [2.75, 3.05) is 32.2 Å². The van der Waals surface area contributed by atoms with Crippen LogP contribution in [0.4, 0.5) is 5.69 Å². The Balaban J connectivity index is 1.65. The number of nitrogens with one attached hydrogen (secondary N) is 2. The third-order valence-electron chi connectivity index (χ3n) is 4.90. The minimum Gasteiger partial charge on any atom is -0.465 e. The maximum absolute atomic E-state index is 12.5. The van der Waals surface area contributed by atoms with E-state index in [9.17, 15) is 9.59 Å². The molecule has 1 aliphatic rings. The fraction of sp³-hybridized carbons (Fsp3) is 0.333. The average molecular weight is 447 g/mol. The maximum atomic E-state index is 12.5. The second kappa shape index (κ2) is 9.32. The highest BCUT2D eigenvalue weighted by molar-refractivity contribution is 9.10. The third kappa shape index (κ3) is 4.98. The molecule has 6 nitrogen and oxygen atoms in total. The molecule has 1 heterocycles. The summed E-state index contributed by atoms with van der Waals surface area (Å²) in [6.45, 7) is 1.47. The molecular formula is C21H23BrN2O4. The second-order valence-corrected chi connectivity index (χ2v) is 7.59. The van der Waals surface area contributed by atoms with Gasteiger partial charge in [-0.3, -0.25) is 10.1 Å². The van der Waals surface area contributed by atoms with Crippen molar-refractivity contribution in [2.24, 2.45) is 0 Å². The molecule has 28 heavy (non-hydrogen) atoms. The number of carbonyl (C=O) groups excluding carboxylic acids is 2. The molecule has 0 saturated carbocycles. The van der Waals surface area contributed by atoms with Crippen molar-refractivity contribution in [2.45, 2.75) is 18.4 Å². The molecule has 2 aromatic carbocycles. The Kier molecular flexibility index (Phi) is 6.83. The fourth-order valence-electron chi connectivity index (χ4n) is 3.34. The first-order valence-electron chi connectivity index (χ1n) is 9.09. The van der Waals surface area contributed by atoms with Gasteiger partial charge in [0.25, 0.3) is 0 Å². The number of hydrogen-bond acceptors (Lipinski definition) is 5. The molecule has 0 aliphatic carbocycles. The van der Waals surface area contributed by atoms with E-state index in [1.807, 2.05) is 12.1 Å². The Morgan fingerprint density at radius 2 is 1.86 bits per heavy atom. The van der Waals surface area contributed by atoms with E-state index in [4.69, 9.17) is 4.74 Å². The van der Waals surface area contributed by atoms with E-state index in [2.05, 4.69) is 43.4 Å². The maximum Gasteiger partial charge on any atom is 0.337 e. The lowest BCUT2D eigenvalue weighted by Gasteiger charge is -2.38. The first-order chi connectivity index (χ1) is 13.5. The lowest BCUT2D eigenvalue weighted by molar-refractivity contribution is -0.116. The van der Waals surface area contributed by atoms with Gasteiger partial charge >= 0.3 is 5.97 Å². The van der Waals surface area contributed by atoms with Gasteiger partial charge in [0.2, 0.25) is 5.91 Å². The SMILES string of the molecule is COC(=O)c1ccc(NC(=O)CNC2(c3cccc(Br)c3)CCOCC2)cc1. The molecule has 2 N–H and O–H groups in total. The van der Waals surface area contributed by atoms with Crippen LogP contribution in [0.5, 0.6) is 0 Å². The van der Waals surface area contributed by atoms with Gasteiger partial charge in [0.15, 0.2) is 0 Å². The molecule has 0 unspecified atom stereocenters. The molecule has 0 aromatic heterocycles. The number of methoxy groups -OCH3 is 1.